The number of rotatable bonds is 4. The first kappa shape index (κ1) is 12.5. The summed E-state index contributed by atoms with van der Waals surface area (Å²) >= 11 is 1.66. The number of nitrogens with one attached hydrogen (secondary N) is 1. The normalized spacial score (nSPS) is 15.4. The molecule has 0 aliphatic carbocycles. The lowest BCUT2D eigenvalue weighted by molar-refractivity contribution is 0.425. The van der Waals surface area contributed by atoms with E-state index < -0.39 is 0 Å². The van der Waals surface area contributed by atoms with Crippen LogP contribution in [-0.4, -0.2) is 44.4 Å². The third kappa shape index (κ3) is 2.42. The fourth-order valence-corrected chi connectivity index (χ4v) is 3.14. The summed E-state index contributed by atoms with van der Waals surface area (Å²) in [4.78, 5) is 6.67. The van der Waals surface area contributed by atoms with Crippen molar-refractivity contribution < 1.29 is 0 Å². The fraction of sp³-hybridized carbons (Fsp3) is 0.385. The van der Waals surface area contributed by atoms with Crippen molar-refractivity contribution >= 4 is 27.9 Å². The third-order valence-corrected chi connectivity index (χ3v) is 4.51. The second-order valence-electron chi connectivity index (χ2n) is 5.27. The van der Waals surface area contributed by atoms with Gasteiger partial charge in [0, 0.05) is 30.9 Å². The van der Waals surface area contributed by atoms with Crippen molar-refractivity contribution in [1.29, 1.82) is 0 Å². The number of aromatic nitrogens is 5. The van der Waals surface area contributed by atoms with Gasteiger partial charge < -0.3 is 10.2 Å². The molecular weight excluding hydrogens is 286 g/mol. The molecule has 0 unspecified atom stereocenters. The predicted molar refractivity (Wildman–Crippen MR) is 81.8 cm³/mol. The first-order valence-corrected chi connectivity index (χ1v) is 7.74. The van der Waals surface area contributed by atoms with Gasteiger partial charge in [0.2, 0.25) is 0 Å². The molecule has 4 heterocycles. The molecule has 21 heavy (non-hydrogen) atoms. The topological polar surface area (TPSA) is 71.2 Å². The van der Waals surface area contributed by atoms with Crippen LogP contribution in [0.15, 0.2) is 23.8 Å². The van der Waals surface area contributed by atoms with E-state index in [0.29, 0.717) is 5.92 Å². The van der Waals surface area contributed by atoms with E-state index in [4.69, 9.17) is 0 Å². The van der Waals surface area contributed by atoms with Crippen LogP contribution in [0.5, 0.6) is 0 Å². The Morgan fingerprint density at radius 1 is 1.38 bits per heavy atom. The average Bonchev–Trinajstić information content (AvgIpc) is 3.05. The maximum atomic E-state index is 4.50. The average molecular weight is 301 g/mol. The lowest BCUT2D eigenvalue weighted by atomic mass is 10.0. The number of hydrogen-bond donors (Lipinski definition) is 1. The smallest absolute Gasteiger partial charge is 0.182 e. The molecule has 7 nitrogen and oxygen atoms in total. The molecule has 0 amide bonds. The first-order valence-electron chi connectivity index (χ1n) is 6.86. The molecule has 4 rings (SSSR count). The maximum absolute atomic E-state index is 4.50. The highest BCUT2D eigenvalue weighted by atomic mass is 32.1. The Morgan fingerprint density at radius 2 is 2.29 bits per heavy atom. The number of nitrogens with zero attached hydrogens (tertiary/aromatic N) is 6. The van der Waals surface area contributed by atoms with Gasteiger partial charge >= 0.3 is 0 Å². The van der Waals surface area contributed by atoms with Crippen LogP contribution < -0.4 is 10.2 Å². The monoisotopic (exact) mass is 301 g/mol. The molecule has 0 radical (unpaired) electrons. The minimum Gasteiger partial charge on any atom is -0.361 e. The lowest BCUT2D eigenvalue weighted by Gasteiger charge is -2.40. The van der Waals surface area contributed by atoms with Gasteiger partial charge in [-0.3, -0.25) is 0 Å². The first-order chi connectivity index (χ1) is 10.3. The quantitative estimate of drug-likeness (QED) is 0.786. The van der Waals surface area contributed by atoms with Crippen LogP contribution in [0.3, 0.4) is 0 Å². The van der Waals surface area contributed by atoms with Gasteiger partial charge in [0.05, 0.1) is 5.69 Å². The van der Waals surface area contributed by atoms with Gasteiger partial charge in [-0.2, -0.15) is 4.52 Å². The molecule has 3 aromatic heterocycles. The Kier molecular flexibility index (Phi) is 2.95. The van der Waals surface area contributed by atoms with E-state index in [1.54, 1.807) is 22.2 Å². The van der Waals surface area contributed by atoms with E-state index in [0.717, 1.165) is 41.9 Å². The van der Waals surface area contributed by atoms with Gasteiger partial charge in [0.1, 0.15) is 12.1 Å². The molecule has 1 fully saturated rings. The summed E-state index contributed by atoms with van der Waals surface area (Å²) in [6.07, 6.45) is 1.63. The Hall–Kier alpha value is -2.22. The molecular formula is C13H15N7S. The zero-order chi connectivity index (χ0) is 14.2. The van der Waals surface area contributed by atoms with Crippen molar-refractivity contribution in [3.63, 3.8) is 0 Å². The highest BCUT2D eigenvalue weighted by Crippen LogP contribution is 2.23. The summed E-state index contributed by atoms with van der Waals surface area (Å²) in [5.74, 6) is 1.61. The highest BCUT2D eigenvalue weighted by molar-refractivity contribution is 7.13. The third-order valence-electron chi connectivity index (χ3n) is 3.59. The molecule has 0 saturated carbocycles. The molecule has 1 aliphatic rings. The Labute approximate surface area is 125 Å². The van der Waals surface area contributed by atoms with Crippen molar-refractivity contribution in [2.45, 2.75) is 6.92 Å². The predicted octanol–water partition coefficient (Wildman–Crippen LogP) is 1.44. The lowest BCUT2D eigenvalue weighted by Crippen LogP contribution is -2.50. The van der Waals surface area contributed by atoms with Crippen LogP contribution in [-0.2, 0) is 0 Å². The number of thiazole rings is 1. The van der Waals surface area contributed by atoms with E-state index >= 15 is 0 Å². The van der Waals surface area contributed by atoms with Crippen LogP contribution in [0.1, 0.15) is 5.69 Å². The maximum Gasteiger partial charge on any atom is 0.182 e. The summed E-state index contributed by atoms with van der Waals surface area (Å²) < 4.78 is 1.71. The van der Waals surface area contributed by atoms with Crippen molar-refractivity contribution in [3.8, 4) is 0 Å². The largest absolute Gasteiger partial charge is 0.361 e. The summed E-state index contributed by atoms with van der Waals surface area (Å²) in [5.41, 5.74) is 1.85. The van der Waals surface area contributed by atoms with Gasteiger partial charge in [0.15, 0.2) is 10.8 Å². The van der Waals surface area contributed by atoms with Crippen molar-refractivity contribution in [3.05, 3.63) is 29.5 Å². The van der Waals surface area contributed by atoms with E-state index in [1.807, 2.05) is 19.1 Å². The minimum absolute atomic E-state index is 0.632. The molecule has 8 heteroatoms. The summed E-state index contributed by atoms with van der Waals surface area (Å²) in [5, 5.41) is 18.8. The van der Waals surface area contributed by atoms with E-state index in [1.165, 1.54) is 0 Å². The molecule has 0 atom stereocenters. The molecule has 0 spiro atoms. The number of anilines is 2. The molecule has 1 aliphatic heterocycles. The fourth-order valence-electron chi connectivity index (χ4n) is 2.44. The van der Waals surface area contributed by atoms with E-state index in [-0.39, 0.29) is 0 Å². The van der Waals surface area contributed by atoms with Gasteiger partial charge in [-0.15, -0.1) is 26.6 Å². The van der Waals surface area contributed by atoms with E-state index in [2.05, 4.69) is 35.9 Å². The molecule has 1 saturated heterocycles. The molecule has 3 aromatic rings. The van der Waals surface area contributed by atoms with Crippen LogP contribution >= 0.6 is 11.3 Å². The Balaban J connectivity index is 1.34. The summed E-state index contributed by atoms with van der Waals surface area (Å²) in [6.45, 7) is 4.99. The van der Waals surface area contributed by atoms with Gasteiger partial charge in [0.25, 0.3) is 0 Å². The zero-order valence-electron chi connectivity index (χ0n) is 11.6. The zero-order valence-corrected chi connectivity index (χ0v) is 12.4. The van der Waals surface area contributed by atoms with Crippen LogP contribution in [0, 0.1) is 12.8 Å². The minimum atomic E-state index is 0.632. The molecule has 1 N–H and O–H groups in total. The summed E-state index contributed by atoms with van der Waals surface area (Å²) in [7, 11) is 0. The SMILES string of the molecule is Cc1csc(NCC2CN(c3ccc4nncn4n3)C2)n1. The molecule has 0 bridgehead atoms. The second-order valence-corrected chi connectivity index (χ2v) is 6.13. The van der Waals surface area contributed by atoms with Crippen molar-refractivity contribution in [2.24, 2.45) is 5.92 Å². The van der Waals surface area contributed by atoms with Crippen molar-refractivity contribution in [2.75, 3.05) is 29.9 Å². The highest BCUT2D eigenvalue weighted by Gasteiger charge is 2.28. The number of aryl methyl sites for hydroxylation is 1. The van der Waals surface area contributed by atoms with E-state index in [9.17, 15) is 0 Å². The Morgan fingerprint density at radius 3 is 3.10 bits per heavy atom. The number of hydrogen-bond acceptors (Lipinski definition) is 7. The Bertz CT molecular complexity index is 759. The van der Waals surface area contributed by atoms with Crippen molar-refractivity contribution in [1.82, 2.24) is 24.8 Å². The van der Waals surface area contributed by atoms with Gasteiger partial charge in [-0.1, -0.05) is 0 Å². The number of fused-ring (bicyclic) bond motifs is 1. The molecule has 108 valence electrons. The van der Waals surface area contributed by atoms with Crippen LogP contribution in [0.4, 0.5) is 10.9 Å². The molecule has 0 aromatic carbocycles. The summed E-state index contributed by atoms with van der Waals surface area (Å²) in [6, 6.07) is 3.94. The van der Waals surface area contributed by atoms with Crippen LogP contribution in [0.2, 0.25) is 0 Å². The van der Waals surface area contributed by atoms with Crippen LogP contribution in [0.25, 0.3) is 5.65 Å². The van der Waals surface area contributed by atoms with Gasteiger partial charge in [-0.05, 0) is 19.1 Å². The van der Waals surface area contributed by atoms with Gasteiger partial charge in [-0.25, -0.2) is 4.98 Å². The standard InChI is InChI=1S/C13H15N7S/c1-9-7-21-13(16-9)14-4-10-5-19(6-10)12-3-2-11-17-15-8-20(11)18-12/h2-3,7-8,10H,4-6H2,1H3,(H,14,16). The second kappa shape index (κ2) is 4.96.